The van der Waals surface area contributed by atoms with Crippen LogP contribution in [0, 0.1) is 5.92 Å². The molecule has 0 spiro atoms. The SMILES string of the molecule is O=C(N[C@H](CO)C(=O)O)C1Cc2ccccc2C1. The molecular formula is C13H15NO4. The molecule has 0 unspecified atom stereocenters. The lowest BCUT2D eigenvalue weighted by atomic mass is 10.1. The van der Waals surface area contributed by atoms with Crippen molar-refractivity contribution >= 4 is 11.9 Å². The van der Waals surface area contributed by atoms with Gasteiger partial charge < -0.3 is 15.5 Å². The first-order chi connectivity index (χ1) is 8.61. The number of carbonyl (C=O) groups excluding carboxylic acids is 1. The number of benzene rings is 1. The van der Waals surface area contributed by atoms with Gasteiger partial charge in [0.05, 0.1) is 6.61 Å². The normalized spacial score (nSPS) is 16.1. The summed E-state index contributed by atoms with van der Waals surface area (Å²) < 4.78 is 0. The Morgan fingerprint density at radius 1 is 1.28 bits per heavy atom. The van der Waals surface area contributed by atoms with E-state index in [0.717, 1.165) is 11.1 Å². The summed E-state index contributed by atoms with van der Waals surface area (Å²) in [4.78, 5) is 22.6. The van der Waals surface area contributed by atoms with Crippen LogP contribution in [-0.2, 0) is 22.4 Å². The molecule has 3 N–H and O–H groups in total. The molecule has 1 aromatic carbocycles. The van der Waals surface area contributed by atoms with Crippen LogP contribution < -0.4 is 5.32 Å². The molecule has 5 heteroatoms. The number of nitrogens with one attached hydrogen (secondary N) is 1. The van der Waals surface area contributed by atoms with Crippen LogP contribution in [0.2, 0.25) is 0 Å². The molecule has 1 aliphatic carbocycles. The topological polar surface area (TPSA) is 86.6 Å². The van der Waals surface area contributed by atoms with E-state index in [-0.39, 0.29) is 11.8 Å². The Bertz CT molecular complexity index is 447. The molecule has 1 amide bonds. The van der Waals surface area contributed by atoms with Gasteiger partial charge in [-0.1, -0.05) is 24.3 Å². The molecule has 0 fully saturated rings. The number of rotatable bonds is 4. The van der Waals surface area contributed by atoms with Crippen molar-refractivity contribution in [2.24, 2.45) is 5.92 Å². The van der Waals surface area contributed by atoms with Gasteiger partial charge in [0.2, 0.25) is 5.91 Å². The molecule has 0 saturated carbocycles. The zero-order valence-corrected chi connectivity index (χ0v) is 9.80. The summed E-state index contributed by atoms with van der Waals surface area (Å²) >= 11 is 0. The number of carboxylic acid groups (broad SMARTS) is 1. The van der Waals surface area contributed by atoms with Gasteiger partial charge in [0.1, 0.15) is 6.04 Å². The Morgan fingerprint density at radius 3 is 2.28 bits per heavy atom. The Hall–Kier alpha value is -1.88. The third-order valence-electron chi connectivity index (χ3n) is 3.22. The zero-order valence-electron chi connectivity index (χ0n) is 9.80. The molecule has 2 rings (SSSR count). The van der Waals surface area contributed by atoms with Crippen molar-refractivity contribution in [1.82, 2.24) is 5.32 Å². The highest BCUT2D eigenvalue weighted by atomic mass is 16.4. The van der Waals surface area contributed by atoms with E-state index in [1.54, 1.807) is 0 Å². The largest absolute Gasteiger partial charge is 0.480 e. The van der Waals surface area contributed by atoms with Crippen molar-refractivity contribution in [2.75, 3.05) is 6.61 Å². The Balaban J connectivity index is 1.99. The van der Waals surface area contributed by atoms with Gasteiger partial charge in [-0.25, -0.2) is 4.79 Å². The number of aliphatic carboxylic acids is 1. The van der Waals surface area contributed by atoms with E-state index in [2.05, 4.69) is 5.32 Å². The average molecular weight is 249 g/mol. The number of carboxylic acids is 1. The number of hydrogen-bond donors (Lipinski definition) is 3. The maximum Gasteiger partial charge on any atom is 0.328 e. The van der Waals surface area contributed by atoms with Crippen LogP contribution in [0.3, 0.4) is 0 Å². The zero-order chi connectivity index (χ0) is 13.1. The van der Waals surface area contributed by atoms with Crippen molar-refractivity contribution < 1.29 is 19.8 Å². The molecule has 1 atom stereocenters. The highest BCUT2D eigenvalue weighted by Crippen LogP contribution is 2.26. The quantitative estimate of drug-likeness (QED) is 0.699. The van der Waals surface area contributed by atoms with E-state index in [4.69, 9.17) is 10.2 Å². The molecule has 1 aliphatic rings. The highest BCUT2D eigenvalue weighted by molar-refractivity contribution is 5.85. The minimum atomic E-state index is -1.22. The van der Waals surface area contributed by atoms with Gasteiger partial charge in [-0.15, -0.1) is 0 Å². The van der Waals surface area contributed by atoms with Crippen LogP contribution in [0.1, 0.15) is 11.1 Å². The van der Waals surface area contributed by atoms with Crippen LogP contribution in [-0.4, -0.2) is 34.7 Å². The molecular weight excluding hydrogens is 234 g/mol. The predicted octanol–water partition coefficient (Wildman–Crippen LogP) is -0.0369. The first kappa shape index (κ1) is 12.6. The smallest absolute Gasteiger partial charge is 0.328 e. The minimum Gasteiger partial charge on any atom is -0.480 e. The average Bonchev–Trinajstić information content (AvgIpc) is 2.79. The summed E-state index contributed by atoms with van der Waals surface area (Å²) in [7, 11) is 0. The van der Waals surface area contributed by atoms with Gasteiger partial charge in [0.15, 0.2) is 0 Å². The summed E-state index contributed by atoms with van der Waals surface area (Å²) in [6.45, 7) is -0.596. The van der Waals surface area contributed by atoms with Crippen LogP contribution in [0.25, 0.3) is 0 Å². The molecule has 0 heterocycles. The first-order valence-electron chi connectivity index (χ1n) is 5.82. The number of carbonyl (C=O) groups is 2. The van der Waals surface area contributed by atoms with Gasteiger partial charge >= 0.3 is 5.97 Å². The van der Waals surface area contributed by atoms with Gasteiger partial charge in [0.25, 0.3) is 0 Å². The maximum absolute atomic E-state index is 11.9. The van der Waals surface area contributed by atoms with E-state index in [1.165, 1.54) is 0 Å². The van der Waals surface area contributed by atoms with Crippen LogP contribution >= 0.6 is 0 Å². The molecule has 0 radical (unpaired) electrons. The van der Waals surface area contributed by atoms with Crippen LogP contribution in [0.5, 0.6) is 0 Å². The van der Waals surface area contributed by atoms with Crippen LogP contribution in [0.15, 0.2) is 24.3 Å². The van der Waals surface area contributed by atoms with Gasteiger partial charge in [-0.3, -0.25) is 4.79 Å². The summed E-state index contributed by atoms with van der Waals surface area (Å²) in [5.41, 5.74) is 2.27. The van der Waals surface area contributed by atoms with E-state index >= 15 is 0 Å². The summed E-state index contributed by atoms with van der Waals surface area (Å²) in [5.74, 6) is -1.77. The molecule has 0 bridgehead atoms. The molecule has 5 nitrogen and oxygen atoms in total. The van der Waals surface area contributed by atoms with Crippen molar-refractivity contribution in [2.45, 2.75) is 18.9 Å². The lowest BCUT2D eigenvalue weighted by Gasteiger charge is -2.15. The van der Waals surface area contributed by atoms with E-state index in [9.17, 15) is 9.59 Å². The molecule has 1 aromatic rings. The standard InChI is InChI=1S/C13H15NO4/c15-7-11(13(17)18)14-12(16)10-5-8-3-1-2-4-9(8)6-10/h1-4,10-11,15H,5-7H2,(H,14,16)(H,17,18)/t11-/m1/s1. The van der Waals surface area contributed by atoms with E-state index in [0.29, 0.717) is 12.8 Å². The minimum absolute atomic E-state index is 0.240. The lowest BCUT2D eigenvalue weighted by Crippen LogP contribution is -2.46. The highest BCUT2D eigenvalue weighted by Gasteiger charge is 2.29. The van der Waals surface area contributed by atoms with E-state index in [1.807, 2.05) is 24.3 Å². The molecule has 0 saturated heterocycles. The third-order valence-corrected chi connectivity index (χ3v) is 3.22. The van der Waals surface area contributed by atoms with Crippen molar-refractivity contribution in [3.05, 3.63) is 35.4 Å². The Kier molecular flexibility index (Phi) is 3.62. The monoisotopic (exact) mass is 249 g/mol. The number of amides is 1. The second-order valence-electron chi connectivity index (χ2n) is 4.46. The number of aliphatic hydroxyl groups is 1. The number of aliphatic hydroxyl groups excluding tert-OH is 1. The summed E-state index contributed by atoms with van der Waals surface area (Å²) in [6, 6.07) is 6.58. The molecule has 96 valence electrons. The fourth-order valence-electron chi connectivity index (χ4n) is 2.22. The molecule has 0 aliphatic heterocycles. The second kappa shape index (κ2) is 5.18. The van der Waals surface area contributed by atoms with Crippen LogP contribution in [0.4, 0.5) is 0 Å². The van der Waals surface area contributed by atoms with Crippen molar-refractivity contribution in [1.29, 1.82) is 0 Å². The number of hydrogen-bond acceptors (Lipinski definition) is 3. The maximum atomic E-state index is 11.9. The van der Waals surface area contributed by atoms with Gasteiger partial charge in [-0.05, 0) is 24.0 Å². The molecule has 18 heavy (non-hydrogen) atoms. The summed E-state index contributed by atoms with van der Waals surface area (Å²) in [6.07, 6.45) is 1.25. The first-order valence-corrected chi connectivity index (χ1v) is 5.82. The fourth-order valence-corrected chi connectivity index (χ4v) is 2.22. The third kappa shape index (κ3) is 2.51. The van der Waals surface area contributed by atoms with Crippen molar-refractivity contribution in [3.63, 3.8) is 0 Å². The predicted molar refractivity (Wildman–Crippen MR) is 64.0 cm³/mol. The Labute approximate surface area is 104 Å². The van der Waals surface area contributed by atoms with Gasteiger partial charge in [-0.2, -0.15) is 0 Å². The fraction of sp³-hybridized carbons (Fsp3) is 0.385. The lowest BCUT2D eigenvalue weighted by molar-refractivity contribution is -0.143. The number of fused-ring (bicyclic) bond motifs is 1. The molecule has 0 aromatic heterocycles. The van der Waals surface area contributed by atoms with Crippen molar-refractivity contribution in [3.8, 4) is 0 Å². The van der Waals surface area contributed by atoms with E-state index < -0.39 is 18.6 Å². The van der Waals surface area contributed by atoms with Gasteiger partial charge in [0, 0.05) is 5.92 Å². The summed E-state index contributed by atoms with van der Waals surface area (Å²) in [5, 5.41) is 20.0. The second-order valence-corrected chi connectivity index (χ2v) is 4.46. The Morgan fingerprint density at radius 2 is 1.83 bits per heavy atom.